The summed E-state index contributed by atoms with van der Waals surface area (Å²) in [5.74, 6) is -0.592. The standard InChI is InChI=1S/C16H21FN2O4S/c1-24(21,22)11-4-5-14(12(17)9-11)23-15-10-18-7-6-13(15)19-8-2-3-16(19)20/h4-5,9,13,15,18H,2-3,6-8,10H2,1H3/t13?,15-/m1/s1. The fraction of sp³-hybridized carbons (Fsp3) is 0.562. The fourth-order valence-electron chi connectivity index (χ4n) is 3.28. The molecule has 1 aromatic carbocycles. The van der Waals surface area contributed by atoms with Crippen molar-refractivity contribution in [2.45, 2.75) is 36.3 Å². The number of benzene rings is 1. The molecule has 0 saturated carbocycles. The van der Waals surface area contributed by atoms with Gasteiger partial charge in [0.1, 0.15) is 6.10 Å². The van der Waals surface area contributed by atoms with E-state index in [-0.39, 0.29) is 28.7 Å². The summed E-state index contributed by atoms with van der Waals surface area (Å²) >= 11 is 0. The van der Waals surface area contributed by atoms with Gasteiger partial charge in [-0.05, 0) is 37.6 Å². The summed E-state index contributed by atoms with van der Waals surface area (Å²) in [5.41, 5.74) is 0. The molecule has 1 aromatic rings. The molecule has 0 aromatic heterocycles. The predicted molar refractivity (Wildman–Crippen MR) is 86.1 cm³/mol. The van der Waals surface area contributed by atoms with E-state index >= 15 is 0 Å². The number of hydrogen-bond acceptors (Lipinski definition) is 5. The molecule has 8 heteroatoms. The number of amides is 1. The third-order valence-corrected chi connectivity index (χ3v) is 5.62. The highest BCUT2D eigenvalue weighted by molar-refractivity contribution is 7.90. The Labute approximate surface area is 140 Å². The SMILES string of the molecule is CS(=O)(=O)c1ccc(O[C@@H]2CNCCC2N2CCCC2=O)c(F)c1. The molecule has 0 aliphatic carbocycles. The van der Waals surface area contributed by atoms with Crippen LogP contribution in [0.2, 0.25) is 0 Å². The molecule has 0 bridgehead atoms. The molecular weight excluding hydrogens is 335 g/mol. The first-order chi connectivity index (χ1) is 11.4. The van der Waals surface area contributed by atoms with Crippen LogP contribution in [0.3, 0.4) is 0 Å². The molecule has 3 rings (SSSR count). The summed E-state index contributed by atoms with van der Waals surface area (Å²) in [7, 11) is -3.47. The number of rotatable bonds is 4. The van der Waals surface area contributed by atoms with Crippen LogP contribution in [0, 0.1) is 5.82 Å². The van der Waals surface area contributed by atoms with Gasteiger partial charge < -0.3 is 15.0 Å². The van der Waals surface area contributed by atoms with Gasteiger partial charge in [0.25, 0.3) is 0 Å². The molecule has 2 aliphatic rings. The molecule has 24 heavy (non-hydrogen) atoms. The van der Waals surface area contributed by atoms with Crippen molar-refractivity contribution in [3.63, 3.8) is 0 Å². The third-order valence-electron chi connectivity index (χ3n) is 4.51. The van der Waals surface area contributed by atoms with Gasteiger partial charge in [0.05, 0.1) is 10.9 Å². The van der Waals surface area contributed by atoms with E-state index in [1.807, 2.05) is 4.90 Å². The van der Waals surface area contributed by atoms with Crippen molar-refractivity contribution in [1.29, 1.82) is 0 Å². The lowest BCUT2D eigenvalue weighted by molar-refractivity contribution is -0.132. The van der Waals surface area contributed by atoms with Crippen LogP contribution in [-0.4, -0.2) is 57.3 Å². The Morgan fingerprint density at radius 1 is 1.38 bits per heavy atom. The Balaban J connectivity index is 1.79. The van der Waals surface area contributed by atoms with Crippen molar-refractivity contribution >= 4 is 15.7 Å². The van der Waals surface area contributed by atoms with Crippen LogP contribution in [0.5, 0.6) is 5.75 Å². The van der Waals surface area contributed by atoms with Crippen LogP contribution < -0.4 is 10.1 Å². The van der Waals surface area contributed by atoms with Gasteiger partial charge in [-0.3, -0.25) is 4.79 Å². The van der Waals surface area contributed by atoms with Gasteiger partial charge >= 0.3 is 0 Å². The van der Waals surface area contributed by atoms with Crippen LogP contribution >= 0.6 is 0 Å². The van der Waals surface area contributed by atoms with E-state index < -0.39 is 15.7 Å². The van der Waals surface area contributed by atoms with Crippen molar-refractivity contribution < 1.29 is 22.3 Å². The van der Waals surface area contributed by atoms with Crippen molar-refractivity contribution in [3.05, 3.63) is 24.0 Å². The fourth-order valence-corrected chi connectivity index (χ4v) is 3.92. The first-order valence-electron chi connectivity index (χ1n) is 8.03. The Hall–Kier alpha value is -1.67. The second-order valence-electron chi connectivity index (χ2n) is 6.27. The van der Waals surface area contributed by atoms with Crippen molar-refractivity contribution in [2.75, 3.05) is 25.9 Å². The number of ether oxygens (including phenoxy) is 1. The van der Waals surface area contributed by atoms with Crippen molar-refractivity contribution in [3.8, 4) is 5.75 Å². The lowest BCUT2D eigenvalue weighted by Crippen LogP contribution is -2.55. The van der Waals surface area contributed by atoms with Gasteiger partial charge in [-0.15, -0.1) is 0 Å². The van der Waals surface area contributed by atoms with Gasteiger partial charge in [0.2, 0.25) is 5.91 Å². The van der Waals surface area contributed by atoms with E-state index in [0.29, 0.717) is 19.5 Å². The highest BCUT2D eigenvalue weighted by atomic mass is 32.2. The Morgan fingerprint density at radius 3 is 2.79 bits per heavy atom. The number of carbonyl (C=O) groups is 1. The van der Waals surface area contributed by atoms with Gasteiger partial charge in [-0.2, -0.15) is 0 Å². The number of nitrogens with one attached hydrogen (secondary N) is 1. The van der Waals surface area contributed by atoms with Gasteiger partial charge in [-0.25, -0.2) is 12.8 Å². The smallest absolute Gasteiger partial charge is 0.223 e. The van der Waals surface area contributed by atoms with Crippen LogP contribution in [0.15, 0.2) is 23.1 Å². The van der Waals surface area contributed by atoms with Crippen LogP contribution in [-0.2, 0) is 14.6 Å². The molecule has 1 unspecified atom stereocenters. The van der Waals surface area contributed by atoms with Gasteiger partial charge in [0.15, 0.2) is 21.4 Å². The first kappa shape index (κ1) is 17.2. The van der Waals surface area contributed by atoms with Gasteiger partial charge in [-0.1, -0.05) is 0 Å². The molecule has 2 aliphatic heterocycles. The van der Waals surface area contributed by atoms with E-state index in [1.165, 1.54) is 12.1 Å². The zero-order valence-corrected chi connectivity index (χ0v) is 14.3. The molecule has 1 N–H and O–H groups in total. The Kier molecular flexibility index (Phi) is 4.78. The maximum atomic E-state index is 14.2. The molecule has 0 radical (unpaired) electrons. The lowest BCUT2D eigenvalue weighted by atomic mass is 10.0. The molecule has 0 spiro atoms. The van der Waals surface area contributed by atoms with Crippen LogP contribution in [0.1, 0.15) is 19.3 Å². The Bertz CT molecular complexity index is 738. The molecule has 2 fully saturated rings. The van der Waals surface area contributed by atoms with Gasteiger partial charge in [0, 0.05) is 25.8 Å². The molecule has 2 atom stereocenters. The van der Waals surface area contributed by atoms with Crippen molar-refractivity contribution in [2.24, 2.45) is 0 Å². The van der Waals surface area contributed by atoms with Crippen LogP contribution in [0.4, 0.5) is 4.39 Å². The van der Waals surface area contributed by atoms with E-state index in [9.17, 15) is 17.6 Å². The largest absolute Gasteiger partial charge is 0.484 e. The molecule has 2 heterocycles. The summed E-state index contributed by atoms with van der Waals surface area (Å²) in [4.78, 5) is 13.7. The van der Waals surface area contributed by atoms with E-state index in [4.69, 9.17) is 4.74 Å². The number of sulfone groups is 1. The van der Waals surface area contributed by atoms with Crippen LogP contribution in [0.25, 0.3) is 0 Å². The minimum atomic E-state index is -3.47. The number of carbonyl (C=O) groups excluding carboxylic acids is 1. The zero-order chi connectivity index (χ0) is 17.3. The normalized spacial score (nSPS) is 25.1. The maximum absolute atomic E-state index is 14.2. The highest BCUT2D eigenvalue weighted by Gasteiger charge is 2.36. The summed E-state index contributed by atoms with van der Waals surface area (Å²) in [6.07, 6.45) is 2.81. The monoisotopic (exact) mass is 356 g/mol. The second-order valence-corrected chi connectivity index (χ2v) is 8.29. The molecular formula is C16H21FN2O4S. The molecule has 2 saturated heterocycles. The number of hydrogen-bond donors (Lipinski definition) is 1. The average molecular weight is 356 g/mol. The minimum Gasteiger partial charge on any atom is -0.484 e. The number of likely N-dealkylation sites (tertiary alicyclic amines) is 1. The van der Waals surface area contributed by atoms with Crippen molar-refractivity contribution in [1.82, 2.24) is 10.2 Å². The summed E-state index contributed by atoms with van der Waals surface area (Å²) < 4.78 is 43.0. The average Bonchev–Trinajstić information content (AvgIpc) is 2.95. The third kappa shape index (κ3) is 3.54. The predicted octanol–water partition coefficient (Wildman–Crippen LogP) is 0.961. The Morgan fingerprint density at radius 2 is 2.17 bits per heavy atom. The molecule has 1 amide bonds. The molecule has 132 valence electrons. The highest BCUT2D eigenvalue weighted by Crippen LogP contribution is 2.26. The lowest BCUT2D eigenvalue weighted by Gasteiger charge is -2.38. The number of halogens is 1. The van der Waals surface area contributed by atoms with E-state index in [0.717, 1.165) is 31.7 Å². The zero-order valence-electron chi connectivity index (χ0n) is 13.5. The quantitative estimate of drug-likeness (QED) is 0.870. The van der Waals surface area contributed by atoms with E-state index in [2.05, 4.69) is 5.32 Å². The van der Waals surface area contributed by atoms with E-state index in [1.54, 1.807) is 0 Å². The topological polar surface area (TPSA) is 75.7 Å². The summed E-state index contributed by atoms with van der Waals surface area (Å²) in [6, 6.07) is 3.55. The second kappa shape index (κ2) is 6.68. The summed E-state index contributed by atoms with van der Waals surface area (Å²) in [6.45, 7) is 2.00. The summed E-state index contributed by atoms with van der Waals surface area (Å²) in [5, 5.41) is 3.20. The number of nitrogens with zero attached hydrogens (tertiary/aromatic N) is 1. The first-order valence-corrected chi connectivity index (χ1v) is 9.92. The maximum Gasteiger partial charge on any atom is 0.223 e. The minimum absolute atomic E-state index is 0.00717. The number of piperidine rings is 1. The molecule has 6 nitrogen and oxygen atoms in total.